The number of imidazole rings is 1. The van der Waals surface area contributed by atoms with Crippen molar-refractivity contribution >= 4 is 17.4 Å². The highest BCUT2D eigenvalue weighted by Gasteiger charge is 2.21. The van der Waals surface area contributed by atoms with Gasteiger partial charge in [0.2, 0.25) is 0 Å². The number of nitrogens with one attached hydrogen (secondary N) is 2. The summed E-state index contributed by atoms with van der Waals surface area (Å²) in [5.41, 5.74) is 2.81. The predicted molar refractivity (Wildman–Crippen MR) is 110 cm³/mol. The number of aliphatic hydroxyl groups excluding tert-OH is 2. The van der Waals surface area contributed by atoms with E-state index in [2.05, 4.69) is 15.6 Å². The van der Waals surface area contributed by atoms with Crippen LogP contribution in [-0.2, 0) is 0 Å². The molecule has 0 unspecified atom stereocenters. The van der Waals surface area contributed by atoms with Crippen LogP contribution in [0.2, 0.25) is 0 Å². The van der Waals surface area contributed by atoms with Gasteiger partial charge in [-0.05, 0) is 37.8 Å². The van der Waals surface area contributed by atoms with Crippen LogP contribution in [0.3, 0.4) is 0 Å². The molecule has 1 saturated carbocycles. The zero-order chi connectivity index (χ0) is 20.2. The highest BCUT2D eigenvalue weighted by Crippen LogP contribution is 2.26. The maximum atomic E-state index is 12.2. The number of carbonyl (C=O) groups excluding carboxylic acids is 1. The van der Waals surface area contributed by atoms with E-state index >= 15 is 0 Å². The topological polar surface area (TPSA) is 112 Å². The second-order valence-corrected chi connectivity index (χ2v) is 7.34. The van der Waals surface area contributed by atoms with Gasteiger partial charge in [0.05, 0.1) is 18.4 Å². The Hall–Kier alpha value is -2.97. The maximum absolute atomic E-state index is 12.2. The van der Waals surface area contributed by atoms with Crippen LogP contribution in [0.25, 0.3) is 16.9 Å². The highest BCUT2D eigenvalue weighted by atomic mass is 16.3. The molecular formula is C21H25N5O3. The molecule has 1 amide bonds. The predicted octanol–water partition coefficient (Wildman–Crippen LogP) is 1.83. The third-order valence-electron chi connectivity index (χ3n) is 5.23. The molecule has 4 rings (SSSR count). The van der Waals surface area contributed by atoms with Gasteiger partial charge in [0.25, 0.3) is 5.91 Å². The van der Waals surface area contributed by atoms with Crippen molar-refractivity contribution in [3.63, 3.8) is 0 Å². The van der Waals surface area contributed by atoms with Crippen molar-refractivity contribution in [2.45, 2.75) is 37.8 Å². The molecule has 2 aromatic heterocycles. The van der Waals surface area contributed by atoms with Gasteiger partial charge < -0.3 is 25.2 Å². The number of carbonyl (C=O) groups is 1. The third kappa shape index (κ3) is 4.38. The molecule has 152 valence electrons. The lowest BCUT2D eigenvalue weighted by Gasteiger charge is -2.26. The van der Waals surface area contributed by atoms with Gasteiger partial charge in [-0.3, -0.25) is 4.79 Å². The standard InChI is InChI=1S/C21H25N5O3/c27-11-9-23-21(29)15-3-1-2-14(12-15)18-13-26-10-8-22-20(26)19(25-18)24-16-4-6-17(28)7-5-16/h1-3,8,10,12-13,16-17,27-28H,4-7,9,11H2,(H,23,29)(H,24,25). The molecule has 1 fully saturated rings. The van der Waals surface area contributed by atoms with Gasteiger partial charge in [-0.2, -0.15) is 0 Å². The molecule has 0 radical (unpaired) electrons. The summed E-state index contributed by atoms with van der Waals surface area (Å²) in [5, 5.41) is 24.8. The van der Waals surface area contributed by atoms with Crippen molar-refractivity contribution in [2.24, 2.45) is 0 Å². The number of hydrogen-bond acceptors (Lipinski definition) is 6. The molecule has 1 aliphatic carbocycles. The van der Waals surface area contributed by atoms with Crippen molar-refractivity contribution in [3.8, 4) is 11.3 Å². The van der Waals surface area contributed by atoms with Crippen molar-refractivity contribution < 1.29 is 15.0 Å². The van der Waals surface area contributed by atoms with Crippen LogP contribution in [0, 0.1) is 0 Å². The Kier molecular flexibility index (Phi) is 5.73. The molecule has 0 aliphatic heterocycles. The first-order chi connectivity index (χ1) is 14.1. The van der Waals surface area contributed by atoms with E-state index in [1.54, 1.807) is 18.3 Å². The van der Waals surface area contributed by atoms with Crippen molar-refractivity contribution in [2.75, 3.05) is 18.5 Å². The minimum absolute atomic E-state index is 0.0997. The van der Waals surface area contributed by atoms with Crippen molar-refractivity contribution in [3.05, 3.63) is 48.4 Å². The molecule has 8 nitrogen and oxygen atoms in total. The minimum atomic E-state index is -0.233. The molecular weight excluding hydrogens is 370 g/mol. The molecule has 0 bridgehead atoms. The number of hydrogen-bond donors (Lipinski definition) is 4. The number of nitrogens with zero attached hydrogens (tertiary/aromatic N) is 3. The quantitative estimate of drug-likeness (QED) is 0.507. The summed E-state index contributed by atoms with van der Waals surface area (Å²) in [6, 6.07) is 7.50. The number of amides is 1. The zero-order valence-corrected chi connectivity index (χ0v) is 16.1. The second-order valence-electron chi connectivity index (χ2n) is 7.34. The summed E-state index contributed by atoms with van der Waals surface area (Å²) in [7, 11) is 0. The van der Waals surface area contributed by atoms with Crippen molar-refractivity contribution in [1.82, 2.24) is 19.7 Å². The fraction of sp³-hybridized carbons (Fsp3) is 0.381. The molecule has 1 aliphatic rings. The van der Waals surface area contributed by atoms with Gasteiger partial charge in [0, 0.05) is 42.3 Å². The third-order valence-corrected chi connectivity index (χ3v) is 5.23. The second kappa shape index (κ2) is 8.59. The zero-order valence-electron chi connectivity index (χ0n) is 16.1. The Morgan fingerprint density at radius 2 is 2.07 bits per heavy atom. The Balaban J connectivity index is 1.63. The van der Waals surface area contributed by atoms with Gasteiger partial charge in [-0.15, -0.1) is 0 Å². The lowest BCUT2D eigenvalue weighted by molar-refractivity contribution is 0.0944. The average Bonchev–Trinajstić information content (AvgIpc) is 3.23. The van der Waals surface area contributed by atoms with E-state index in [0.29, 0.717) is 11.4 Å². The minimum Gasteiger partial charge on any atom is -0.395 e. The molecule has 1 aromatic carbocycles. The maximum Gasteiger partial charge on any atom is 0.251 e. The first-order valence-corrected chi connectivity index (χ1v) is 9.92. The Bertz CT molecular complexity index is 995. The van der Waals surface area contributed by atoms with Gasteiger partial charge in [0.1, 0.15) is 0 Å². The number of aliphatic hydroxyl groups is 2. The Labute approximate surface area is 168 Å². The lowest BCUT2D eigenvalue weighted by atomic mass is 9.93. The van der Waals surface area contributed by atoms with E-state index in [1.807, 2.05) is 28.9 Å². The van der Waals surface area contributed by atoms with E-state index in [9.17, 15) is 9.90 Å². The molecule has 0 spiro atoms. The summed E-state index contributed by atoms with van der Waals surface area (Å²) in [6.07, 6.45) is 8.63. The van der Waals surface area contributed by atoms with E-state index in [-0.39, 0.29) is 31.2 Å². The first-order valence-electron chi connectivity index (χ1n) is 9.92. The SMILES string of the molecule is O=C(NCCO)c1cccc(-c2cn3ccnc3c(NC3CCC(O)CC3)n2)c1. The van der Waals surface area contributed by atoms with E-state index in [4.69, 9.17) is 10.1 Å². The van der Waals surface area contributed by atoms with Gasteiger partial charge in [-0.1, -0.05) is 12.1 Å². The number of fused-ring (bicyclic) bond motifs is 1. The normalized spacial score (nSPS) is 19.2. The van der Waals surface area contributed by atoms with Crippen LogP contribution in [0.15, 0.2) is 42.9 Å². The Morgan fingerprint density at radius 3 is 2.86 bits per heavy atom. The van der Waals surface area contributed by atoms with Gasteiger partial charge in [-0.25, -0.2) is 9.97 Å². The van der Waals surface area contributed by atoms with Gasteiger partial charge >= 0.3 is 0 Å². The highest BCUT2D eigenvalue weighted by molar-refractivity contribution is 5.95. The summed E-state index contributed by atoms with van der Waals surface area (Å²) in [6.45, 7) is 0.115. The van der Waals surface area contributed by atoms with Crippen LogP contribution in [0.4, 0.5) is 5.82 Å². The van der Waals surface area contributed by atoms with Gasteiger partial charge in [0.15, 0.2) is 11.5 Å². The molecule has 0 atom stereocenters. The summed E-state index contributed by atoms with van der Waals surface area (Å²) < 4.78 is 1.92. The first kappa shape index (κ1) is 19.4. The monoisotopic (exact) mass is 395 g/mol. The van der Waals surface area contributed by atoms with Crippen LogP contribution < -0.4 is 10.6 Å². The van der Waals surface area contributed by atoms with Crippen LogP contribution in [0.5, 0.6) is 0 Å². The average molecular weight is 395 g/mol. The smallest absolute Gasteiger partial charge is 0.251 e. The Morgan fingerprint density at radius 1 is 1.24 bits per heavy atom. The number of benzene rings is 1. The molecule has 29 heavy (non-hydrogen) atoms. The number of aromatic nitrogens is 3. The fourth-order valence-electron chi connectivity index (χ4n) is 3.67. The fourth-order valence-corrected chi connectivity index (χ4v) is 3.67. The van der Waals surface area contributed by atoms with Crippen LogP contribution >= 0.6 is 0 Å². The molecule has 2 heterocycles. The number of anilines is 1. The summed E-state index contributed by atoms with van der Waals surface area (Å²) >= 11 is 0. The molecule has 0 saturated heterocycles. The van der Waals surface area contributed by atoms with Crippen LogP contribution in [0.1, 0.15) is 36.0 Å². The summed E-state index contributed by atoms with van der Waals surface area (Å²) in [4.78, 5) is 21.4. The molecule has 8 heteroatoms. The van der Waals surface area contributed by atoms with Crippen LogP contribution in [-0.4, -0.2) is 55.8 Å². The molecule has 4 N–H and O–H groups in total. The van der Waals surface area contributed by atoms with E-state index in [1.165, 1.54) is 0 Å². The largest absolute Gasteiger partial charge is 0.395 e. The van der Waals surface area contributed by atoms with E-state index in [0.717, 1.165) is 42.6 Å². The molecule has 3 aromatic rings. The summed E-state index contributed by atoms with van der Waals surface area (Å²) in [5.74, 6) is 0.466. The van der Waals surface area contributed by atoms with Crippen molar-refractivity contribution in [1.29, 1.82) is 0 Å². The lowest BCUT2D eigenvalue weighted by Crippen LogP contribution is -2.28. The number of rotatable bonds is 6. The van der Waals surface area contributed by atoms with E-state index < -0.39 is 0 Å².